The van der Waals surface area contributed by atoms with Crippen LogP contribution >= 0.6 is 11.6 Å². The van der Waals surface area contributed by atoms with E-state index in [1.807, 2.05) is 6.92 Å². The van der Waals surface area contributed by atoms with Gasteiger partial charge >= 0.3 is 0 Å². The minimum Gasteiger partial charge on any atom is -0.329 e. The van der Waals surface area contributed by atoms with Gasteiger partial charge in [0.15, 0.2) is 0 Å². The third kappa shape index (κ3) is 3.67. The molecule has 0 radical (unpaired) electrons. The Balaban J connectivity index is 3.18. The van der Waals surface area contributed by atoms with Crippen LogP contribution in [0.3, 0.4) is 0 Å². The molecule has 0 fully saturated rings. The number of aryl methyl sites for hydroxylation is 1. The predicted octanol–water partition coefficient (Wildman–Crippen LogP) is 1.66. The molecule has 0 unspecified atom stereocenters. The molecule has 17 heavy (non-hydrogen) atoms. The van der Waals surface area contributed by atoms with Crippen LogP contribution in [0.15, 0.2) is 23.1 Å². The van der Waals surface area contributed by atoms with Crippen LogP contribution in [0.5, 0.6) is 0 Å². The Bertz CT molecular complexity index is 512. The van der Waals surface area contributed by atoms with Crippen LogP contribution in [0, 0.1) is 6.92 Å². The Morgan fingerprint density at radius 3 is 2.53 bits per heavy atom. The number of hydrogen-bond acceptors (Lipinski definition) is 3. The van der Waals surface area contributed by atoms with E-state index in [1.54, 1.807) is 26.0 Å². The number of nitrogens with one attached hydrogen (secondary N) is 1. The Kier molecular flexibility index (Phi) is 4.19. The van der Waals surface area contributed by atoms with Gasteiger partial charge in [0.1, 0.15) is 4.90 Å². The lowest BCUT2D eigenvalue weighted by molar-refractivity contribution is 0.462. The lowest BCUT2D eigenvalue weighted by Gasteiger charge is -2.24. The molecule has 0 amide bonds. The maximum atomic E-state index is 12.1. The summed E-state index contributed by atoms with van der Waals surface area (Å²) < 4.78 is 26.8. The van der Waals surface area contributed by atoms with Gasteiger partial charge in [-0.3, -0.25) is 0 Å². The molecule has 0 saturated heterocycles. The third-order valence-electron chi connectivity index (χ3n) is 2.30. The Morgan fingerprint density at radius 1 is 1.41 bits per heavy atom. The molecule has 1 aromatic carbocycles. The molecule has 0 aliphatic rings. The molecule has 0 aromatic heterocycles. The first kappa shape index (κ1) is 14.4. The number of nitrogens with two attached hydrogens (primary N) is 1. The number of hydrogen-bond donors (Lipinski definition) is 2. The second-order valence-corrected chi connectivity index (χ2v) is 6.69. The van der Waals surface area contributed by atoms with Crippen LogP contribution < -0.4 is 10.5 Å². The van der Waals surface area contributed by atoms with Gasteiger partial charge in [0.05, 0.1) is 5.02 Å². The first-order valence-corrected chi connectivity index (χ1v) is 7.04. The molecule has 0 heterocycles. The molecule has 4 nitrogen and oxygen atoms in total. The van der Waals surface area contributed by atoms with E-state index in [1.165, 1.54) is 6.07 Å². The Labute approximate surface area is 107 Å². The van der Waals surface area contributed by atoms with E-state index < -0.39 is 15.6 Å². The fourth-order valence-corrected chi connectivity index (χ4v) is 3.29. The maximum absolute atomic E-state index is 12.1. The number of rotatable bonds is 4. The van der Waals surface area contributed by atoms with E-state index in [9.17, 15) is 8.42 Å². The van der Waals surface area contributed by atoms with Crippen molar-refractivity contribution >= 4 is 21.6 Å². The smallest absolute Gasteiger partial charge is 0.242 e. The zero-order valence-corrected chi connectivity index (χ0v) is 11.7. The average Bonchev–Trinajstić information content (AvgIpc) is 2.20. The van der Waals surface area contributed by atoms with E-state index in [-0.39, 0.29) is 16.5 Å². The van der Waals surface area contributed by atoms with E-state index in [0.29, 0.717) is 0 Å². The number of halogens is 1. The standard InChI is InChI=1S/C11H17ClN2O2S/c1-8-4-5-9(12)10(6-8)17(15,16)14-11(2,3)7-13/h4-6,14H,7,13H2,1-3H3. The van der Waals surface area contributed by atoms with Crippen molar-refractivity contribution in [3.05, 3.63) is 28.8 Å². The van der Waals surface area contributed by atoms with Crippen molar-refractivity contribution < 1.29 is 8.42 Å². The molecule has 3 N–H and O–H groups in total. The Hall–Kier alpha value is -0.620. The molecule has 0 spiro atoms. The molecule has 96 valence electrons. The van der Waals surface area contributed by atoms with Crippen molar-refractivity contribution in [2.75, 3.05) is 6.54 Å². The lowest BCUT2D eigenvalue weighted by atomic mass is 10.1. The first-order valence-electron chi connectivity index (χ1n) is 5.18. The highest BCUT2D eigenvalue weighted by Crippen LogP contribution is 2.23. The second kappa shape index (κ2) is 4.94. The Morgan fingerprint density at radius 2 is 2.00 bits per heavy atom. The van der Waals surface area contributed by atoms with Crippen molar-refractivity contribution in [2.24, 2.45) is 5.73 Å². The minimum absolute atomic E-state index is 0.0840. The normalized spacial score (nSPS) is 12.8. The summed E-state index contributed by atoms with van der Waals surface area (Å²) in [5, 5.41) is 0.205. The van der Waals surface area contributed by atoms with E-state index in [4.69, 9.17) is 17.3 Å². The van der Waals surface area contributed by atoms with Gasteiger partial charge in [0.25, 0.3) is 0 Å². The van der Waals surface area contributed by atoms with Gasteiger partial charge < -0.3 is 5.73 Å². The summed E-state index contributed by atoms with van der Waals surface area (Å²) in [6.45, 7) is 5.45. The molecule has 0 saturated carbocycles. The van der Waals surface area contributed by atoms with Crippen molar-refractivity contribution in [3.63, 3.8) is 0 Å². The maximum Gasteiger partial charge on any atom is 0.242 e. The van der Waals surface area contributed by atoms with Crippen LogP contribution in [0.1, 0.15) is 19.4 Å². The van der Waals surface area contributed by atoms with Gasteiger partial charge in [-0.15, -0.1) is 0 Å². The topological polar surface area (TPSA) is 72.2 Å². The highest BCUT2D eigenvalue weighted by molar-refractivity contribution is 7.89. The summed E-state index contributed by atoms with van der Waals surface area (Å²) >= 11 is 5.90. The van der Waals surface area contributed by atoms with Crippen molar-refractivity contribution in [1.82, 2.24) is 4.72 Å². The molecule has 0 bridgehead atoms. The zero-order chi connectivity index (χ0) is 13.3. The predicted molar refractivity (Wildman–Crippen MR) is 69.6 cm³/mol. The van der Waals surface area contributed by atoms with Gasteiger partial charge in [0.2, 0.25) is 10.0 Å². The molecule has 1 rings (SSSR count). The highest BCUT2D eigenvalue weighted by Gasteiger charge is 2.26. The fraction of sp³-hybridized carbons (Fsp3) is 0.455. The first-order chi connectivity index (χ1) is 7.68. The largest absolute Gasteiger partial charge is 0.329 e. The van der Waals surface area contributed by atoms with Crippen molar-refractivity contribution in [2.45, 2.75) is 31.2 Å². The highest BCUT2D eigenvalue weighted by atomic mass is 35.5. The van der Waals surface area contributed by atoms with Gasteiger partial charge in [-0.1, -0.05) is 17.7 Å². The van der Waals surface area contributed by atoms with Crippen molar-refractivity contribution in [3.8, 4) is 0 Å². The van der Waals surface area contributed by atoms with E-state index in [2.05, 4.69) is 4.72 Å². The quantitative estimate of drug-likeness (QED) is 0.879. The molecule has 1 aromatic rings. The van der Waals surface area contributed by atoms with Crippen LogP contribution in [0.25, 0.3) is 0 Å². The summed E-state index contributed by atoms with van der Waals surface area (Å²) in [5.41, 5.74) is 5.63. The van der Waals surface area contributed by atoms with Gasteiger partial charge in [-0.2, -0.15) is 0 Å². The van der Waals surface area contributed by atoms with Crippen LogP contribution in [-0.2, 0) is 10.0 Å². The van der Waals surface area contributed by atoms with E-state index in [0.717, 1.165) is 5.56 Å². The summed E-state index contributed by atoms with van der Waals surface area (Å²) in [6.07, 6.45) is 0. The molecule has 0 aliphatic carbocycles. The molecular formula is C11H17ClN2O2S. The van der Waals surface area contributed by atoms with Gasteiger partial charge in [-0.25, -0.2) is 13.1 Å². The molecule has 0 atom stereocenters. The lowest BCUT2D eigenvalue weighted by Crippen LogP contribution is -2.48. The zero-order valence-electron chi connectivity index (χ0n) is 10.1. The fourth-order valence-electron chi connectivity index (χ4n) is 1.28. The SMILES string of the molecule is Cc1ccc(Cl)c(S(=O)(=O)NC(C)(C)CN)c1. The number of sulfonamides is 1. The van der Waals surface area contributed by atoms with Crippen LogP contribution in [0.2, 0.25) is 5.02 Å². The average molecular weight is 277 g/mol. The molecule has 0 aliphatic heterocycles. The minimum atomic E-state index is -3.65. The number of benzene rings is 1. The van der Waals surface area contributed by atoms with E-state index >= 15 is 0 Å². The molecular weight excluding hydrogens is 260 g/mol. The molecule has 6 heteroatoms. The second-order valence-electron chi connectivity index (χ2n) is 4.63. The summed E-state index contributed by atoms with van der Waals surface area (Å²) in [7, 11) is -3.65. The third-order valence-corrected chi connectivity index (χ3v) is 4.48. The summed E-state index contributed by atoms with van der Waals surface area (Å²) in [6, 6.07) is 4.87. The van der Waals surface area contributed by atoms with Gasteiger partial charge in [0, 0.05) is 12.1 Å². The van der Waals surface area contributed by atoms with Gasteiger partial charge in [-0.05, 0) is 38.5 Å². The van der Waals surface area contributed by atoms with Crippen molar-refractivity contribution in [1.29, 1.82) is 0 Å². The summed E-state index contributed by atoms with van der Waals surface area (Å²) in [5.74, 6) is 0. The monoisotopic (exact) mass is 276 g/mol. The van der Waals surface area contributed by atoms with Crippen LogP contribution in [-0.4, -0.2) is 20.5 Å². The van der Waals surface area contributed by atoms with Crippen LogP contribution in [0.4, 0.5) is 0 Å². The summed E-state index contributed by atoms with van der Waals surface area (Å²) in [4.78, 5) is 0.0840.